The molecule has 3 rings (SSSR count). The number of para-hydroxylation sites is 1. The van der Waals surface area contributed by atoms with Crippen molar-refractivity contribution in [1.29, 1.82) is 0 Å². The number of nitrogens with one attached hydrogen (secondary N) is 5. The van der Waals surface area contributed by atoms with Crippen LogP contribution < -0.4 is 38.5 Å². The summed E-state index contributed by atoms with van der Waals surface area (Å²) in [7, 11) is 0. The number of guanidine groups is 1. The van der Waals surface area contributed by atoms with Crippen molar-refractivity contribution in [1.82, 2.24) is 26.3 Å². The minimum atomic E-state index is -1.57. The highest BCUT2D eigenvalue weighted by Gasteiger charge is 2.31. The van der Waals surface area contributed by atoms with Gasteiger partial charge in [-0.25, -0.2) is 4.79 Å². The van der Waals surface area contributed by atoms with Crippen LogP contribution in [0.25, 0.3) is 10.9 Å². The fraction of sp³-hybridized carbons (Fsp3) is 0.355. The Bertz CT molecular complexity index is 1600. The van der Waals surface area contributed by atoms with Gasteiger partial charge in [-0.3, -0.25) is 24.2 Å². The van der Waals surface area contributed by atoms with Crippen LogP contribution in [-0.4, -0.2) is 99.7 Å². The number of hydrogen-bond donors (Lipinski definition) is 11. The number of fused-ring (bicyclic) bond motifs is 1. The zero-order chi connectivity index (χ0) is 35.2. The van der Waals surface area contributed by atoms with Gasteiger partial charge in [0.1, 0.15) is 29.9 Å². The molecular formula is C31H41N9O8. The zero-order valence-corrected chi connectivity index (χ0v) is 26.0. The number of aliphatic hydroxyl groups is 1. The lowest BCUT2D eigenvalue weighted by atomic mass is 10.0. The van der Waals surface area contributed by atoms with Crippen LogP contribution in [0.4, 0.5) is 0 Å². The first-order valence-electron chi connectivity index (χ1n) is 15.0. The third-order valence-electron chi connectivity index (χ3n) is 7.32. The number of phenols is 1. The van der Waals surface area contributed by atoms with E-state index in [2.05, 4.69) is 31.2 Å². The molecule has 258 valence electrons. The van der Waals surface area contributed by atoms with Crippen molar-refractivity contribution in [2.75, 3.05) is 19.7 Å². The number of aliphatic imine (C=N–C) groups is 1. The SMILES string of the molecule is NCC(=O)N[C@@H](Cc1ccc(O)cc1)C(=O)N[C@@H](CO)C(=O)N[C@@H](Cc1c[nH]c2ccccc12)C(=O)N[C@@H](CCCN=C(N)N)C(=O)O. The molecular weight excluding hydrogens is 626 g/mol. The molecule has 0 spiro atoms. The van der Waals surface area contributed by atoms with E-state index >= 15 is 0 Å². The number of carboxylic acids is 1. The molecule has 0 fully saturated rings. The predicted octanol–water partition coefficient (Wildman–Crippen LogP) is -2.31. The molecule has 4 atom stereocenters. The maximum Gasteiger partial charge on any atom is 0.326 e. The van der Waals surface area contributed by atoms with Crippen molar-refractivity contribution >= 4 is 46.5 Å². The van der Waals surface area contributed by atoms with E-state index in [1.165, 1.54) is 12.1 Å². The van der Waals surface area contributed by atoms with Crippen LogP contribution in [0, 0.1) is 0 Å². The van der Waals surface area contributed by atoms with Crippen molar-refractivity contribution in [2.24, 2.45) is 22.2 Å². The van der Waals surface area contributed by atoms with Gasteiger partial charge in [-0.2, -0.15) is 0 Å². The topological polar surface area (TPSA) is 300 Å². The number of benzene rings is 2. The summed E-state index contributed by atoms with van der Waals surface area (Å²) >= 11 is 0. The second-order valence-electron chi connectivity index (χ2n) is 10.9. The van der Waals surface area contributed by atoms with E-state index in [0.717, 1.165) is 10.9 Å². The quantitative estimate of drug-likeness (QED) is 0.0389. The van der Waals surface area contributed by atoms with E-state index in [1.54, 1.807) is 24.4 Å². The number of aromatic amines is 1. The number of rotatable bonds is 18. The van der Waals surface area contributed by atoms with Crippen molar-refractivity contribution in [3.05, 3.63) is 65.9 Å². The van der Waals surface area contributed by atoms with Crippen LogP contribution in [0.2, 0.25) is 0 Å². The normalized spacial score (nSPS) is 13.4. The van der Waals surface area contributed by atoms with E-state index in [-0.39, 0.29) is 43.9 Å². The summed E-state index contributed by atoms with van der Waals surface area (Å²) in [5, 5.41) is 40.0. The standard InChI is InChI=1S/C31H41N9O8/c32-14-26(43)37-23(12-17-7-9-19(42)10-8-17)27(44)40-25(16-41)29(46)39-24(13-18-15-36-21-5-2-1-4-20(18)21)28(45)38-22(30(47)48)6-3-11-35-31(33)34/h1-2,4-5,7-10,15,22-25,36,41-42H,3,6,11-14,16,32H2,(H,37,43)(H,38,45)(H,39,46)(H,40,44)(H,47,48)(H4,33,34,35)/t22-,23-,24-,25-/m0/s1. The Labute approximate surface area is 275 Å². The Morgan fingerprint density at radius 2 is 1.42 bits per heavy atom. The minimum Gasteiger partial charge on any atom is -0.508 e. The number of phenolic OH excluding ortho intramolecular Hbond substituents is 1. The highest BCUT2D eigenvalue weighted by atomic mass is 16.4. The number of aliphatic carboxylic acids is 1. The summed E-state index contributed by atoms with van der Waals surface area (Å²) < 4.78 is 0. The number of hydrogen-bond acceptors (Lipinski definition) is 9. The number of aromatic hydroxyl groups is 1. The molecule has 17 heteroatoms. The molecule has 1 aromatic heterocycles. The number of H-pyrrole nitrogens is 1. The predicted molar refractivity (Wildman–Crippen MR) is 175 cm³/mol. The molecule has 0 bridgehead atoms. The Kier molecular flexibility index (Phi) is 13.7. The summed E-state index contributed by atoms with van der Waals surface area (Å²) in [5.41, 5.74) is 18.0. The largest absolute Gasteiger partial charge is 0.508 e. The van der Waals surface area contributed by atoms with Gasteiger partial charge in [-0.05, 0) is 42.2 Å². The summed E-state index contributed by atoms with van der Waals surface area (Å²) in [5.74, 6) is -4.74. The number of carboxylic acid groups (broad SMARTS) is 1. The maximum absolute atomic E-state index is 13.5. The molecule has 1 heterocycles. The van der Waals surface area contributed by atoms with Gasteiger partial charge in [-0.15, -0.1) is 0 Å². The van der Waals surface area contributed by atoms with Gasteiger partial charge in [0, 0.05) is 36.5 Å². The van der Waals surface area contributed by atoms with Crippen LogP contribution >= 0.6 is 0 Å². The Balaban J connectivity index is 1.81. The molecule has 3 aromatic rings. The summed E-state index contributed by atoms with van der Waals surface area (Å²) in [6.45, 7) is -1.16. The number of amides is 4. The Morgan fingerprint density at radius 1 is 0.812 bits per heavy atom. The first kappa shape index (κ1) is 36.8. The lowest BCUT2D eigenvalue weighted by Crippen LogP contribution is -2.59. The van der Waals surface area contributed by atoms with E-state index in [9.17, 15) is 39.3 Å². The molecule has 2 aromatic carbocycles. The van der Waals surface area contributed by atoms with Crippen LogP contribution in [-0.2, 0) is 36.8 Å². The van der Waals surface area contributed by atoms with E-state index in [4.69, 9.17) is 17.2 Å². The number of nitrogens with zero attached hydrogens (tertiary/aromatic N) is 1. The Morgan fingerprint density at radius 3 is 2.04 bits per heavy atom. The average Bonchev–Trinajstić information content (AvgIpc) is 3.47. The summed E-state index contributed by atoms with van der Waals surface area (Å²) in [6, 6.07) is 7.65. The molecule has 48 heavy (non-hydrogen) atoms. The fourth-order valence-corrected chi connectivity index (χ4v) is 4.83. The van der Waals surface area contributed by atoms with Gasteiger partial charge >= 0.3 is 5.97 Å². The van der Waals surface area contributed by atoms with Crippen molar-refractivity contribution in [3.8, 4) is 5.75 Å². The van der Waals surface area contributed by atoms with Gasteiger partial charge in [0.25, 0.3) is 0 Å². The lowest BCUT2D eigenvalue weighted by Gasteiger charge is -2.25. The van der Waals surface area contributed by atoms with E-state index in [1.807, 2.05) is 18.2 Å². The lowest BCUT2D eigenvalue weighted by molar-refractivity contribution is -0.142. The molecule has 0 saturated carbocycles. The van der Waals surface area contributed by atoms with Crippen molar-refractivity contribution < 1.29 is 39.3 Å². The monoisotopic (exact) mass is 667 g/mol. The van der Waals surface area contributed by atoms with Crippen LogP contribution in [0.3, 0.4) is 0 Å². The van der Waals surface area contributed by atoms with Crippen LogP contribution in [0.15, 0.2) is 59.7 Å². The Hall–Kier alpha value is -5.68. The molecule has 4 amide bonds. The fourth-order valence-electron chi connectivity index (χ4n) is 4.83. The van der Waals surface area contributed by atoms with Gasteiger partial charge in [0.15, 0.2) is 5.96 Å². The second kappa shape index (κ2) is 17.9. The maximum atomic E-state index is 13.5. The molecule has 0 aliphatic carbocycles. The van der Waals surface area contributed by atoms with Gasteiger partial charge in [0.05, 0.1) is 13.2 Å². The van der Waals surface area contributed by atoms with Crippen molar-refractivity contribution in [3.63, 3.8) is 0 Å². The first-order valence-corrected chi connectivity index (χ1v) is 15.0. The highest BCUT2D eigenvalue weighted by molar-refractivity contribution is 5.96. The number of carbonyl (C=O) groups is 5. The molecule has 0 aliphatic rings. The zero-order valence-electron chi connectivity index (χ0n) is 26.0. The molecule has 0 aliphatic heterocycles. The second-order valence-corrected chi connectivity index (χ2v) is 10.9. The van der Waals surface area contributed by atoms with Crippen molar-refractivity contribution in [2.45, 2.75) is 49.9 Å². The molecule has 17 nitrogen and oxygen atoms in total. The third kappa shape index (κ3) is 11.0. The molecule has 0 saturated heterocycles. The van der Waals surface area contributed by atoms with Gasteiger partial charge in [-0.1, -0.05) is 30.3 Å². The first-order chi connectivity index (χ1) is 22.9. The molecule has 0 radical (unpaired) electrons. The third-order valence-corrected chi connectivity index (χ3v) is 7.32. The number of aromatic nitrogens is 1. The number of aliphatic hydroxyl groups excluding tert-OH is 1. The molecule has 14 N–H and O–H groups in total. The summed E-state index contributed by atoms with van der Waals surface area (Å²) in [4.78, 5) is 71.2. The van der Waals surface area contributed by atoms with E-state index < -0.39 is 66.9 Å². The van der Waals surface area contributed by atoms with Crippen LogP contribution in [0.1, 0.15) is 24.0 Å². The van der Waals surface area contributed by atoms with Gasteiger partial charge in [0.2, 0.25) is 23.6 Å². The van der Waals surface area contributed by atoms with E-state index in [0.29, 0.717) is 11.1 Å². The summed E-state index contributed by atoms with van der Waals surface area (Å²) in [6.07, 6.45) is 1.75. The smallest absolute Gasteiger partial charge is 0.326 e. The number of nitrogens with two attached hydrogens (primary N) is 3. The average molecular weight is 668 g/mol. The molecule has 0 unspecified atom stereocenters. The van der Waals surface area contributed by atoms with Crippen LogP contribution in [0.5, 0.6) is 5.75 Å². The van der Waals surface area contributed by atoms with Gasteiger partial charge < -0.3 is 58.8 Å². The minimum absolute atomic E-state index is 0.00499. The highest BCUT2D eigenvalue weighted by Crippen LogP contribution is 2.19. The number of carbonyl (C=O) groups excluding carboxylic acids is 4.